The molecule has 76 valence electrons. The Labute approximate surface area is 87.7 Å². The molecule has 0 amide bonds. The van der Waals surface area contributed by atoms with Crippen molar-refractivity contribution >= 4 is 11.8 Å². The van der Waals surface area contributed by atoms with Gasteiger partial charge in [0, 0.05) is 11.5 Å². The molecule has 1 aromatic rings. The molecule has 1 nitrogen and oxygen atoms in total. The number of benzene rings is 1. The highest BCUT2D eigenvalue weighted by Gasteiger charge is 2.30. The summed E-state index contributed by atoms with van der Waals surface area (Å²) in [7, 11) is 0. The first-order chi connectivity index (χ1) is 6.68. The highest BCUT2D eigenvalue weighted by Crippen LogP contribution is 2.40. The third kappa shape index (κ3) is 2.28. The quantitative estimate of drug-likeness (QED) is 0.742. The van der Waals surface area contributed by atoms with Crippen molar-refractivity contribution in [3.63, 3.8) is 0 Å². The normalized spacial score (nSPS) is 26.7. The van der Waals surface area contributed by atoms with Crippen LogP contribution in [-0.2, 0) is 4.74 Å². The first kappa shape index (κ1) is 9.99. The minimum atomic E-state index is -0.188. The van der Waals surface area contributed by atoms with E-state index in [1.807, 2.05) is 0 Å². The first-order valence-electron chi connectivity index (χ1n) is 4.76. The molecule has 1 saturated heterocycles. The molecule has 0 saturated carbocycles. The Hall–Kier alpha value is -0.540. The maximum Gasteiger partial charge on any atom is 0.123 e. The average molecular weight is 212 g/mol. The van der Waals surface area contributed by atoms with Crippen molar-refractivity contribution in [2.45, 2.75) is 29.6 Å². The number of rotatable bonds is 2. The van der Waals surface area contributed by atoms with Gasteiger partial charge in [0.1, 0.15) is 10.8 Å². The van der Waals surface area contributed by atoms with Gasteiger partial charge in [0.05, 0.1) is 0 Å². The summed E-state index contributed by atoms with van der Waals surface area (Å²) >= 11 is 1.67. The van der Waals surface area contributed by atoms with Gasteiger partial charge >= 0.3 is 0 Å². The molecule has 0 bridgehead atoms. The van der Waals surface area contributed by atoms with E-state index in [9.17, 15) is 4.39 Å². The lowest BCUT2D eigenvalue weighted by Crippen LogP contribution is -2.16. The van der Waals surface area contributed by atoms with Crippen molar-refractivity contribution in [3.05, 3.63) is 30.1 Å². The Morgan fingerprint density at radius 2 is 2.07 bits per heavy atom. The molecule has 1 heterocycles. The van der Waals surface area contributed by atoms with Gasteiger partial charge in [-0.05, 0) is 44.0 Å². The van der Waals surface area contributed by atoms with Gasteiger partial charge in [0.15, 0.2) is 0 Å². The smallest absolute Gasteiger partial charge is 0.123 e. The third-order valence-corrected chi connectivity index (χ3v) is 3.59. The summed E-state index contributed by atoms with van der Waals surface area (Å²) in [5, 5.41) is 0. The molecule has 2 rings (SSSR count). The summed E-state index contributed by atoms with van der Waals surface area (Å²) < 4.78 is 18.3. The Morgan fingerprint density at radius 3 is 2.64 bits per heavy atom. The predicted molar refractivity (Wildman–Crippen MR) is 55.8 cm³/mol. The fourth-order valence-corrected chi connectivity index (χ4v) is 2.75. The third-order valence-electron chi connectivity index (χ3n) is 2.33. The zero-order valence-electron chi connectivity index (χ0n) is 8.13. The molecule has 0 radical (unpaired) electrons. The zero-order valence-corrected chi connectivity index (χ0v) is 8.94. The molecule has 3 heteroatoms. The molecule has 1 unspecified atom stereocenters. The van der Waals surface area contributed by atoms with Crippen LogP contribution in [0.2, 0.25) is 0 Å². The maximum absolute atomic E-state index is 12.7. The largest absolute Gasteiger partial charge is 0.364 e. The molecule has 0 aliphatic carbocycles. The summed E-state index contributed by atoms with van der Waals surface area (Å²) in [4.78, 5) is 0.952. The minimum absolute atomic E-state index is 0.113. The standard InChI is InChI=1S/C11H13FOS/c1-11(7-2-8-13-11)14-10-5-3-9(12)4-6-10/h3-6H,2,7-8H2,1H3. The fourth-order valence-electron chi connectivity index (χ4n) is 1.59. The number of hydrogen-bond acceptors (Lipinski definition) is 2. The van der Waals surface area contributed by atoms with E-state index in [-0.39, 0.29) is 10.8 Å². The average Bonchev–Trinajstić information content (AvgIpc) is 2.57. The van der Waals surface area contributed by atoms with Gasteiger partial charge in [-0.1, -0.05) is 11.8 Å². The van der Waals surface area contributed by atoms with E-state index in [1.54, 1.807) is 23.9 Å². The van der Waals surface area contributed by atoms with Crippen molar-refractivity contribution in [1.29, 1.82) is 0 Å². The van der Waals surface area contributed by atoms with Gasteiger partial charge < -0.3 is 4.74 Å². The number of hydrogen-bond donors (Lipinski definition) is 0. The topological polar surface area (TPSA) is 9.23 Å². The van der Waals surface area contributed by atoms with Crippen LogP contribution in [0.3, 0.4) is 0 Å². The lowest BCUT2D eigenvalue weighted by molar-refractivity contribution is 0.0970. The highest BCUT2D eigenvalue weighted by atomic mass is 32.2. The Morgan fingerprint density at radius 1 is 1.36 bits per heavy atom. The van der Waals surface area contributed by atoms with Crippen LogP contribution in [0, 0.1) is 5.82 Å². The number of halogens is 1. The summed E-state index contributed by atoms with van der Waals surface area (Å²) in [5.74, 6) is -0.188. The van der Waals surface area contributed by atoms with Crippen LogP contribution in [0.25, 0.3) is 0 Å². The number of thioether (sulfide) groups is 1. The Bertz CT molecular complexity index is 304. The van der Waals surface area contributed by atoms with E-state index in [2.05, 4.69) is 6.92 Å². The van der Waals surface area contributed by atoms with Crippen molar-refractivity contribution in [2.24, 2.45) is 0 Å². The van der Waals surface area contributed by atoms with E-state index >= 15 is 0 Å². The van der Waals surface area contributed by atoms with Crippen molar-refractivity contribution in [2.75, 3.05) is 6.61 Å². The molecule has 1 atom stereocenters. The van der Waals surface area contributed by atoms with Crippen LogP contribution >= 0.6 is 11.8 Å². The van der Waals surface area contributed by atoms with Crippen LogP contribution < -0.4 is 0 Å². The molecule has 0 spiro atoms. The van der Waals surface area contributed by atoms with Gasteiger partial charge in [-0.3, -0.25) is 0 Å². The first-order valence-corrected chi connectivity index (χ1v) is 5.58. The molecule has 1 aliphatic heterocycles. The summed E-state index contributed by atoms with van der Waals surface area (Å²) in [6.07, 6.45) is 2.18. The SMILES string of the molecule is CC1(Sc2ccc(F)cc2)CCCO1. The zero-order chi connectivity index (χ0) is 10.0. The van der Waals surface area contributed by atoms with Gasteiger partial charge in [-0.15, -0.1) is 0 Å². The molecule has 14 heavy (non-hydrogen) atoms. The summed E-state index contributed by atoms with van der Waals surface area (Å²) in [6.45, 7) is 2.93. The van der Waals surface area contributed by atoms with Gasteiger partial charge in [0.25, 0.3) is 0 Å². The van der Waals surface area contributed by atoms with Crippen LogP contribution in [0.5, 0.6) is 0 Å². The Balaban J connectivity index is 2.06. The van der Waals surface area contributed by atoms with Crippen molar-refractivity contribution in [1.82, 2.24) is 0 Å². The fraction of sp³-hybridized carbons (Fsp3) is 0.455. The minimum Gasteiger partial charge on any atom is -0.364 e. The van der Waals surface area contributed by atoms with E-state index in [1.165, 1.54) is 12.1 Å². The lowest BCUT2D eigenvalue weighted by atomic mass is 10.3. The van der Waals surface area contributed by atoms with Crippen LogP contribution in [0.1, 0.15) is 19.8 Å². The van der Waals surface area contributed by atoms with E-state index < -0.39 is 0 Å². The highest BCUT2D eigenvalue weighted by molar-refractivity contribution is 8.00. The molecular weight excluding hydrogens is 199 g/mol. The molecule has 1 fully saturated rings. The monoisotopic (exact) mass is 212 g/mol. The summed E-state index contributed by atoms with van der Waals surface area (Å²) in [5.41, 5.74) is 0. The van der Waals surface area contributed by atoms with Gasteiger partial charge in [-0.25, -0.2) is 4.39 Å². The number of ether oxygens (including phenoxy) is 1. The van der Waals surface area contributed by atoms with Crippen LogP contribution in [0.4, 0.5) is 4.39 Å². The molecule has 1 aromatic carbocycles. The molecule has 1 aliphatic rings. The molecular formula is C11H13FOS. The summed E-state index contributed by atoms with van der Waals surface area (Å²) in [6, 6.07) is 6.57. The second-order valence-electron chi connectivity index (χ2n) is 3.64. The van der Waals surface area contributed by atoms with E-state index in [0.29, 0.717) is 0 Å². The predicted octanol–water partition coefficient (Wildman–Crippen LogP) is 3.44. The maximum atomic E-state index is 12.7. The van der Waals surface area contributed by atoms with E-state index in [4.69, 9.17) is 4.74 Å². The van der Waals surface area contributed by atoms with Crippen molar-refractivity contribution in [3.8, 4) is 0 Å². The van der Waals surface area contributed by atoms with Gasteiger partial charge in [-0.2, -0.15) is 0 Å². The molecule has 0 aromatic heterocycles. The van der Waals surface area contributed by atoms with Crippen LogP contribution in [-0.4, -0.2) is 11.5 Å². The van der Waals surface area contributed by atoms with E-state index in [0.717, 1.165) is 24.3 Å². The second kappa shape index (κ2) is 3.91. The molecule has 0 N–H and O–H groups in total. The van der Waals surface area contributed by atoms with Gasteiger partial charge in [0.2, 0.25) is 0 Å². The van der Waals surface area contributed by atoms with Crippen LogP contribution in [0.15, 0.2) is 29.2 Å². The Kier molecular flexibility index (Phi) is 2.79. The van der Waals surface area contributed by atoms with Crippen molar-refractivity contribution < 1.29 is 9.13 Å². The second-order valence-corrected chi connectivity index (χ2v) is 5.18. The lowest BCUT2D eigenvalue weighted by Gasteiger charge is -2.22.